The van der Waals surface area contributed by atoms with Gasteiger partial charge in [-0.25, -0.2) is 0 Å². The third kappa shape index (κ3) is 4.42. The minimum absolute atomic E-state index is 0.319. The SMILES string of the molecule is Nc1ccc(Br)c(OCCC(F)(F)F)c1. The number of anilines is 1. The molecule has 0 fully saturated rings. The molecule has 84 valence electrons. The van der Waals surface area contributed by atoms with E-state index in [1.54, 1.807) is 12.1 Å². The van der Waals surface area contributed by atoms with Crippen LogP contribution in [0, 0.1) is 0 Å². The van der Waals surface area contributed by atoms with Crippen LogP contribution in [0.2, 0.25) is 0 Å². The van der Waals surface area contributed by atoms with Gasteiger partial charge in [0.05, 0.1) is 17.5 Å². The predicted octanol–water partition coefficient (Wildman–Crippen LogP) is 3.36. The lowest BCUT2D eigenvalue weighted by Crippen LogP contribution is -2.13. The highest BCUT2D eigenvalue weighted by Gasteiger charge is 2.26. The molecule has 0 radical (unpaired) electrons. The number of benzene rings is 1. The third-order valence-electron chi connectivity index (χ3n) is 1.60. The van der Waals surface area contributed by atoms with Gasteiger partial charge in [0.25, 0.3) is 0 Å². The molecule has 0 spiro atoms. The fraction of sp³-hybridized carbons (Fsp3) is 0.333. The topological polar surface area (TPSA) is 35.2 Å². The van der Waals surface area contributed by atoms with E-state index in [2.05, 4.69) is 15.9 Å². The van der Waals surface area contributed by atoms with Crippen LogP contribution in [-0.4, -0.2) is 12.8 Å². The van der Waals surface area contributed by atoms with E-state index in [1.165, 1.54) is 6.07 Å². The van der Waals surface area contributed by atoms with Gasteiger partial charge in [-0.1, -0.05) is 0 Å². The van der Waals surface area contributed by atoms with Crippen LogP contribution in [0.5, 0.6) is 5.75 Å². The van der Waals surface area contributed by atoms with Crippen molar-refractivity contribution in [2.45, 2.75) is 12.6 Å². The molecule has 0 aliphatic rings. The van der Waals surface area contributed by atoms with E-state index in [0.29, 0.717) is 15.9 Å². The first kappa shape index (κ1) is 12.2. The molecule has 0 saturated carbocycles. The first-order valence-corrected chi connectivity index (χ1v) is 4.92. The molecule has 0 heterocycles. The number of nitrogen functional groups attached to an aromatic ring is 1. The lowest BCUT2D eigenvalue weighted by atomic mass is 10.3. The molecule has 0 aliphatic heterocycles. The third-order valence-corrected chi connectivity index (χ3v) is 2.25. The first-order valence-electron chi connectivity index (χ1n) is 4.13. The standard InChI is InChI=1S/C9H9BrF3NO/c10-7-2-1-6(14)5-8(7)15-4-3-9(11,12)13/h1-2,5H,3-4,14H2. The van der Waals surface area contributed by atoms with Crippen LogP contribution in [0.1, 0.15) is 6.42 Å². The average molecular weight is 284 g/mol. The number of halogens is 4. The van der Waals surface area contributed by atoms with E-state index >= 15 is 0 Å². The highest BCUT2D eigenvalue weighted by molar-refractivity contribution is 9.10. The number of hydrogen-bond donors (Lipinski definition) is 1. The normalized spacial score (nSPS) is 11.5. The number of rotatable bonds is 3. The summed E-state index contributed by atoms with van der Waals surface area (Å²) in [5.41, 5.74) is 5.91. The minimum atomic E-state index is -4.20. The summed E-state index contributed by atoms with van der Waals surface area (Å²) >= 11 is 3.15. The smallest absolute Gasteiger partial charge is 0.392 e. The average Bonchev–Trinajstić information content (AvgIpc) is 2.09. The zero-order chi connectivity index (χ0) is 11.5. The highest BCUT2D eigenvalue weighted by Crippen LogP contribution is 2.28. The number of nitrogens with two attached hydrogens (primary N) is 1. The van der Waals surface area contributed by atoms with Crippen molar-refractivity contribution in [2.75, 3.05) is 12.3 Å². The van der Waals surface area contributed by atoms with Gasteiger partial charge in [0, 0.05) is 11.8 Å². The molecule has 0 unspecified atom stereocenters. The second kappa shape index (κ2) is 4.74. The van der Waals surface area contributed by atoms with Crippen LogP contribution in [0.4, 0.5) is 18.9 Å². The molecule has 2 nitrogen and oxygen atoms in total. The van der Waals surface area contributed by atoms with Crippen molar-refractivity contribution in [2.24, 2.45) is 0 Å². The van der Waals surface area contributed by atoms with Crippen LogP contribution in [0.3, 0.4) is 0 Å². The zero-order valence-corrected chi connectivity index (χ0v) is 9.23. The number of ether oxygens (including phenoxy) is 1. The van der Waals surface area contributed by atoms with Gasteiger partial charge in [0.1, 0.15) is 5.75 Å². The monoisotopic (exact) mass is 283 g/mol. The molecule has 0 amide bonds. The number of alkyl halides is 3. The Morgan fingerprint density at radius 3 is 2.60 bits per heavy atom. The molecule has 6 heteroatoms. The fourth-order valence-electron chi connectivity index (χ4n) is 0.907. The molecule has 0 aromatic heterocycles. The summed E-state index contributed by atoms with van der Waals surface area (Å²) in [7, 11) is 0. The summed E-state index contributed by atoms with van der Waals surface area (Å²) in [5.74, 6) is 0.319. The van der Waals surface area contributed by atoms with E-state index in [1.807, 2.05) is 0 Å². The summed E-state index contributed by atoms with van der Waals surface area (Å²) in [6.45, 7) is -0.411. The van der Waals surface area contributed by atoms with Crippen LogP contribution in [-0.2, 0) is 0 Å². The Bertz CT molecular complexity index is 341. The van der Waals surface area contributed by atoms with E-state index < -0.39 is 19.2 Å². The second-order valence-corrected chi connectivity index (χ2v) is 3.76. The van der Waals surface area contributed by atoms with Crippen LogP contribution < -0.4 is 10.5 Å². The summed E-state index contributed by atoms with van der Waals surface area (Å²) < 4.78 is 41.0. The zero-order valence-electron chi connectivity index (χ0n) is 7.64. The van der Waals surface area contributed by atoms with E-state index in [0.717, 1.165) is 0 Å². The quantitative estimate of drug-likeness (QED) is 0.864. The summed E-state index contributed by atoms with van der Waals surface area (Å²) in [5, 5.41) is 0. The summed E-state index contributed by atoms with van der Waals surface area (Å²) in [4.78, 5) is 0. The van der Waals surface area contributed by atoms with Crippen molar-refractivity contribution < 1.29 is 17.9 Å². The van der Waals surface area contributed by atoms with Gasteiger partial charge >= 0.3 is 6.18 Å². The summed E-state index contributed by atoms with van der Waals surface area (Å²) in [6.07, 6.45) is -5.18. The van der Waals surface area contributed by atoms with Crippen LogP contribution in [0.25, 0.3) is 0 Å². The van der Waals surface area contributed by atoms with Gasteiger partial charge in [0.2, 0.25) is 0 Å². The molecular weight excluding hydrogens is 275 g/mol. The Balaban J connectivity index is 2.54. The Morgan fingerprint density at radius 1 is 1.33 bits per heavy atom. The Labute approximate surface area is 93.3 Å². The van der Waals surface area contributed by atoms with Gasteiger partial charge in [-0.05, 0) is 28.1 Å². The molecule has 1 rings (SSSR count). The van der Waals surface area contributed by atoms with Gasteiger partial charge in [0.15, 0.2) is 0 Å². The molecule has 15 heavy (non-hydrogen) atoms. The van der Waals surface area contributed by atoms with E-state index in [-0.39, 0.29) is 0 Å². The molecule has 0 atom stereocenters. The van der Waals surface area contributed by atoms with Crippen LogP contribution >= 0.6 is 15.9 Å². The van der Waals surface area contributed by atoms with Crippen molar-refractivity contribution in [1.82, 2.24) is 0 Å². The van der Waals surface area contributed by atoms with E-state index in [9.17, 15) is 13.2 Å². The molecular formula is C9H9BrF3NO. The lowest BCUT2D eigenvalue weighted by molar-refractivity contribution is -0.139. The second-order valence-electron chi connectivity index (χ2n) is 2.90. The Morgan fingerprint density at radius 2 is 2.00 bits per heavy atom. The largest absolute Gasteiger partial charge is 0.492 e. The first-order chi connectivity index (χ1) is 6.88. The Hall–Kier alpha value is -0.910. The van der Waals surface area contributed by atoms with E-state index in [4.69, 9.17) is 10.5 Å². The predicted molar refractivity (Wildman–Crippen MR) is 54.7 cm³/mol. The molecule has 0 saturated heterocycles. The maximum atomic E-state index is 11.8. The minimum Gasteiger partial charge on any atom is -0.492 e. The van der Waals surface area contributed by atoms with Crippen molar-refractivity contribution in [3.8, 4) is 5.75 Å². The van der Waals surface area contributed by atoms with Crippen molar-refractivity contribution in [1.29, 1.82) is 0 Å². The van der Waals surface area contributed by atoms with Crippen molar-refractivity contribution >= 4 is 21.6 Å². The molecule has 2 N–H and O–H groups in total. The molecule has 0 aliphatic carbocycles. The lowest BCUT2D eigenvalue weighted by Gasteiger charge is -2.10. The fourth-order valence-corrected chi connectivity index (χ4v) is 1.27. The maximum absolute atomic E-state index is 11.8. The summed E-state index contributed by atoms with van der Waals surface area (Å²) in [6, 6.07) is 4.72. The molecule has 1 aromatic rings. The Kier molecular flexibility index (Phi) is 3.84. The van der Waals surface area contributed by atoms with Crippen molar-refractivity contribution in [3.63, 3.8) is 0 Å². The van der Waals surface area contributed by atoms with Gasteiger partial charge in [-0.2, -0.15) is 13.2 Å². The van der Waals surface area contributed by atoms with Gasteiger partial charge in [-0.15, -0.1) is 0 Å². The molecule has 1 aromatic carbocycles. The van der Waals surface area contributed by atoms with Crippen molar-refractivity contribution in [3.05, 3.63) is 22.7 Å². The van der Waals surface area contributed by atoms with Gasteiger partial charge in [-0.3, -0.25) is 0 Å². The number of hydrogen-bond acceptors (Lipinski definition) is 2. The van der Waals surface area contributed by atoms with Gasteiger partial charge < -0.3 is 10.5 Å². The highest BCUT2D eigenvalue weighted by atomic mass is 79.9. The van der Waals surface area contributed by atoms with Crippen LogP contribution in [0.15, 0.2) is 22.7 Å². The maximum Gasteiger partial charge on any atom is 0.392 e. The molecule has 0 bridgehead atoms.